The van der Waals surface area contributed by atoms with Gasteiger partial charge in [0.25, 0.3) is 0 Å². The van der Waals surface area contributed by atoms with Gasteiger partial charge in [0.2, 0.25) is 0 Å². The number of Topliss-reactive ketones (excluding diaryl/α,β-unsaturated/α-hetero) is 1. The summed E-state index contributed by atoms with van der Waals surface area (Å²) in [5.41, 5.74) is 2.37. The van der Waals surface area contributed by atoms with E-state index in [1.54, 1.807) is 0 Å². The summed E-state index contributed by atoms with van der Waals surface area (Å²) in [5, 5.41) is 0. The Morgan fingerprint density at radius 1 is 0.727 bits per heavy atom. The quantitative estimate of drug-likeness (QED) is 0.589. The van der Waals surface area contributed by atoms with Crippen molar-refractivity contribution in [2.75, 3.05) is 0 Å². The Labute approximate surface area is 148 Å². The van der Waals surface area contributed by atoms with Crippen molar-refractivity contribution in [3.05, 3.63) is 71.8 Å². The molecule has 3 rings (SSSR count). The van der Waals surface area contributed by atoms with Gasteiger partial charge in [-0.1, -0.05) is 92.5 Å². The molecule has 0 N–H and O–H groups in total. The van der Waals surface area contributed by atoms with Gasteiger partial charge in [0.1, 0.15) is 0 Å². The number of rotatable bonds is 2. The molecule has 0 bridgehead atoms. The third-order valence-electron chi connectivity index (χ3n) is 4.71. The summed E-state index contributed by atoms with van der Waals surface area (Å²) in [6, 6.07) is 20.6. The van der Waals surface area contributed by atoms with Crippen LogP contribution >= 0.6 is 31.9 Å². The Morgan fingerprint density at radius 3 is 1.36 bits per heavy atom. The molecule has 22 heavy (non-hydrogen) atoms. The minimum atomic E-state index is -0.590. The second-order valence-electron chi connectivity index (χ2n) is 6.26. The zero-order valence-corrected chi connectivity index (χ0v) is 15.8. The first-order chi connectivity index (χ1) is 10.4. The zero-order valence-electron chi connectivity index (χ0n) is 12.6. The van der Waals surface area contributed by atoms with Crippen LogP contribution in [0.15, 0.2) is 60.7 Å². The molecule has 0 heterocycles. The maximum atomic E-state index is 13.0. The van der Waals surface area contributed by atoms with Crippen LogP contribution in [0, 0.1) is 0 Å². The van der Waals surface area contributed by atoms with Crippen LogP contribution in [0.4, 0.5) is 0 Å². The Bertz CT molecular complexity index is 618. The number of hydrogen-bond donors (Lipinski definition) is 0. The Kier molecular flexibility index (Phi) is 4.07. The van der Waals surface area contributed by atoms with E-state index in [9.17, 15) is 4.79 Å². The molecule has 0 spiro atoms. The number of halogens is 2. The van der Waals surface area contributed by atoms with Crippen molar-refractivity contribution < 1.29 is 4.79 Å². The topological polar surface area (TPSA) is 17.1 Å². The molecule has 1 saturated carbocycles. The average molecular weight is 422 g/mol. The van der Waals surface area contributed by atoms with Crippen molar-refractivity contribution in [2.24, 2.45) is 0 Å². The molecule has 3 heteroatoms. The molecule has 4 atom stereocenters. The van der Waals surface area contributed by atoms with E-state index < -0.39 is 8.65 Å². The Hall–Kier alpha value is -0.930. The first kappa shape index (κ1) is 15.9. The van der Waals surface area contributed by atoms with Crippen molar-refractivity contribution in [1.29, 1.82) is 0 Å². The first-order valence-corrected chi connectivity index (χ1v) is 8.98. The molecular formula is C19H18Br2O. The second kappa shape index (κ2) is 5.61. The standard InChI is InChI=1S/C19H18Br2O/c1-18(20)15(13-9-5-3-6-10-13)16(19(2,21)17(18)22)14-11-7-4-8-12-14/h3-12,15-16H,1-2H3/t15-,16-,18-,19+/m0/s1. The Balaban J connectivity index is 2.21. The molecule has 114 valence electrons. The smallest absolute Gasteiger partial charge is 0.166 e. The zero-order chi connectivity index (χ0) is 16.0. The summed E-state index contributed by atoms with van der Waals surface area (Å²) in [5.74, 6) is 0.351. The van der Waals surface area contributed by atoms with Gasteiger partial charge in [-0.2, -0.15) is 0 Å². The summed E-state index contributed by atoms with van der Waals surface area (Å²) in [7, 11) is 0. The highest BCUT2D eigenvalue weighted by atomic mass is 79.9. The summed E-state index contributed by atoms with van der Waals surface area (Å²) < 4.78 is -1.18. The predicted molar refractivity (Wildman–Crippen MR) is 98.0 cm³/mol. The van der Waals surface area contributed by atoms with E-state index in [-0.39, 0.29) is 17.6 Å². The molecule has 0 aromatic heterocycles. The fourth-order valence-electron chi connectivity index (χ4n) is 3.72. The van der Waals surface area contributed by atoms with E-state index in [1.165, 1.54) is 11.1 Å². The molecule has 0 radical (unpaired) electrons. The van der Waals surface area contributed by atoms with Gasteiger partial charge in [0, 0.05) is 11.8 Å². The molecule has 2 aromatic carbocycles. The maximum Gasteiger partial charge on any atom is 0.166 e. The van der Waals surface area contributed by atoms with Gasteiger partial charge >= 0.3 is 0 Å². The lowest BCUT2D eigenvalue weighted by molar-refractivity contribution is -0.120. The molecule has 0 unspecified atom stereocenters. The van der Waals surface area contributed by atoms with Gasteiger partial charge in [-0.25, -0.2) is 0 Å². The van der Waals surface area contributed by atoms with Gasteiger partial charge in [0.05, 0.1) is 8.65 Å². The van der Waals surface area contributed by atoms with Crippen LogP contribution in [0.1, 0.15) is 36.8 Å². The molecule has 0 amide bonds. The molecule has 0 aliphatic heterocycles. The van der Waals surface area contributed by atoms with Crippen molar-refractivity contribution in [2.45, 2.75) is 34.3 Å². The van der Waals surface area contributed by atoms with E-state index in [4.69, 9.17) is 0 Å². The minimum Gasteiger partial charge on any atom is -0.297 e. The fraction of sp³-hybridized carbons (Fsp3) is 0.316. The number of benzene rings is 2. The highest BCUT2D eigenvalue weighted by Gasteiger charge is 2.62. The van der Waals surface area contributed by atoms with Gasteiger partial charge in [-0.3, -0.25) is 4.79 Å². The molecule has 1 aliphatic rings. The van der Waals surface area contributed by atoms with Crippen LogP contribution in [0.25, 0.3) is 0 Å². The number of ketones is 1. The van der Waals surface area contributed by atoms with E-state index in [2.05, 4.69) is 56.1 Å². The number of carbonyl (C=O) groups excluding carboxylic acids is 1. The van der Waals surface area contributed by atoms with Crippen LogP contribution in [-0.4, -0.2) is 14.4 Å². The van der Waals surface area contributed by atoms with E-state index in [0.29, 0.717) is 0 Å². The Morgan fingerprint density at radius 2 is 1.05 bits per heavy atom. The van der Waals surface area contributed by atoms with Gasteiger partial charge < -0.3 is 0 Å². The minimum absolute atomic E-state index is 0.0768. The molecule has 0 saturated heterocycles. The molecule has 1 nitrogen and oxygen atoms in total. The summed E-state index contributed by atoms with van der Waals surface area (Å²) >= 11 is 7.49. The van der Waals surface area contributed by atoms with Crippen molar-refractivity contribution in [3.63, 3.8) is 0 Å². The first-order valence-electron chi connectivity index (χ1n) is 7.39. The van der Waals surface area contributed by atoms with Crippen LogP contribution in [-0.2, 0) is 4.79 Å². The van der Waals surface area contributed by atoms with Gasteiger partial charge in [-0.05, 0) is 25.0 Å². The molecule has 1 aliphatic carbocycles. The fourth-order valence-corrected chi connectivity index (χ4v) is 5.87. The SMILES string of the molecule is C[C@]1(Br)C(=O)[C@@](C)(Br)[C@@H](c2ccccc2)[C@@H]1c1ccccc1. The van der Waals surface area contributed by atoms with E-state index in [0.717, 1.165) is 0 Å². The highest BCUT2D eigenvalue weighted by Crippen LogP contribution is 2.61. The van der Waals surface area contributed by atoms with Crippen molar-refractivity contribution >= 4 is 37.6 Å². The van der Waals surface area contributed by atoms with Crippen molar-refractivity contribution in [3.8, 4) is 0 Å². The highest BCUT2D eigenvalue weighted by molar-refractivity contribution is 9.11. The summed E-state index contributed by atoms with van der Waals surface area (Å²) in [4.78, 5) is 13.0. The van der Waals surface area contributed by atoms with E-state index in [1.807, 2.05) is 50.2 Å². The third kappa shape index (κ3) is 2.39. The maximum absolute atomic E-state index is 13.0. The van der Waals surface area contributed by atoms with Gasteiger partial charge in [-0.15, -0.1) is 0 Å². The third-order valence-corrected chi connectivity index (χ3v) is 6.41. The summed E-state index contributed by atoms with van der Waals surface area (Å²) in [6.07, 6.45) is 0. The normalized spacial score (nSPS) is 34.8. The van der Waals surface area contributed by atoms with Crippen LogP contribution in [0.3, 0.4) is 0 Å². The lowest BCUT2D eigenvalue weighted by Gasteiger charge is -2.30. The number of hydrogen-bond acceptors (Lipinski definition) is 1. The monoisotopic (exact) mass is 420 g/mol. The number of alkyl halides is 2. The second-order valence-corrected chi connectivity index (χ2v) is 9.55. The van der Waals surface area contributed by atoms with Crippen molar-refractivity contribution in [1.82, 2.24) is 0 Å². The molecular weight excluding hydrogens is 404 g/mol. The van der Waals surface area contributed by atoms with Crippen LogP contribution < -0.4 is 0 Å². The molecule has 1 fully saturated rings. The van der Waals surface area contributed by atoms with Crippen LogP contribution in [0.2, 0.25) is 0 Å². The lowest BCUT2D eigenvalue weighted by Crippen LogP contribution is -2.35. The van der Waals surface area contributed by atoms with Gasteiger partial charge in [0.15, 0.2) is 5.78 Å². The number of carbonyl (C=O) groups is 1. The largest absolute Gasteiger partial charge is 0.297 e. The average Bonchev–Trinajstić information content (AvgIpc) is 2.66. The van der Waals surface area contributed by atoms with Crippen LogP contribution in [0.5, 0.6) is 0 Å². The predicted octanol–water partition coefficient (Wildman–Crippen LogP) is 5.44. The van der Waals surface area contributed by atoms with E-state index >= 15 is 0 Å². The molecule has 2 aromatic rings. The lowest BCUT2D eigenvalue weighted by atomic mass is 9.78. The summed E-state index contributed by atoms with van der Waals surface area (Å²) in [6.45, 7) is 3.99.